The maximum Gasteiger partial charge on any atom is 0.251 e. The molecule has 0 spiro atoms. The van der Waals surface area contributed by atoms with Crippen LogP contribution >= 0.6 is 0 Å². The summed E-state index contributed by atoms with van der Waals surface area (Å²) in [4.78, 5) is 12.1. The molecule has 5 nitrogen and oxygen atoms in total. The van der Waals surface area contributed by atoms with Crippen LogP contribution in [0.3, 0.4) is 0 Å². The predicted octanol–water partition coefficient (Wildman–Crippen LogP) is 3.17. The molecule has 0 aromatic heterocycles. The standard InChI is InChI=1S/C18H20FNO4/c1-4-24-15-8-6-13(10-14(15)19)18(21)20-11-12-5-7-16(22-2)17(9-12)23-3/h5-10H,4,11H2,1-3H3,(H,20,21). The third-order valence-electron chi connectivity index (χ3n) is 3.39. The maximum absolute atomic E-state index is 13.8. The van der Waals surface area contributed by atoms with Crippen molar-refractivity contribution >= 4 is 5.91 Å². The van der Waals surface area contributed by atoms with Gasteiger partial charge in [-0.25, -0.2) is 4.39 Å². The molecule has 0 fully saturated rings. The van der Waals surface area contributed by atoms with Crippen LogP contribution in [0.1, 0.15) is 22.8 Å². The van der Waals surface area contributed by atoms with E-state index in [1.807, 2.05) is 6.07 Å². The molecule has 0 atom stereocenters. The van der Waals surface area contributed by atoms with E-state index in [0.29, 0.717) is 18.1 Å². The third-order valence-corrected chi connectivity index (χ3v) is 3.39. The molecule has 0 aliphatic rings. The van der Waals surface area contributed by atoms with Gasteiger partial charge >= 0.3 is 0 Å². The smallest absolute Gasteiger partial charge is 0.251 e. The molecular formula is C18H20FNO4. The Labute approximate surface area is 140 Å². The minimum atomic E-state index is -0.560. The van der Waals surface area contributed by atoms with Crippen LogP contribution in [0.25, 0.3) is 0 Å². The lowest BCUT2D eigenvalue weighted by Crippen LogP contribution is -2.23. The number of carbonyl (C=O) groups is 1. The normalized spacial score (nSPS) is 10.2. The molecule has 2 rings (SSSR count). The molecule has 0 heterocycles. The topological polar surface area (TPSA) is 56.8 Å². The van der Waals surface area contributed by atoms with Crippen LogP contribution in [-0.4, -0.2) is 26.7 Å². The van der Waals surface area contributed by atoms with E-state index in [0.717, 1.165) is 11.6 Å². The molecule has 0 radical (unpaired) electrons. The number of ether oxygens (including phenoxy) is 3. The second kappa shape index (κ2) is 8.19. The van der Waals surface area contributed by atoms with Gasteiger partial charge in [-0.1, -0.05) is 6.07 Å². The summed E-state index contributed by atoms with van der Waals surface area (Å²) in [5.41, 5.74) is 1.07. The second-order valence-electron chi connectivity index (χ2n) is 4.95. The van der Waals surface area contributed by atoms with E-state index in [-0.39, 0.29) is 23.8 Å². The molecule has 2 aromatic rings. The van der Waals surface area contributed by atoms with Crippen molar-refractivity contribution < 1.29 is 23.4 Å². The van der Waals surface area contributed by atoms with Gasteiger partial charge in [0.05, 0.1) is 20.8 Å². The fourth-order valence-corrected chi connectivity index (χ4v) is 2.19. The molecule has 1 amide bonds. The minimum Gasteiger partial charge on any atom is -0.493 e. The SMILES string of the molecule is CCOc1ccc(C(=O)NCc2ccc(OC)c(OC)c2)cc1F. The van der Waals surface area contributed by atoms with Gasteiger partial charge in [0.2, 0.25) is 0 Å². The fourth-order valence-electron chi connectivity index (χ4n) is 2.19. The number of methoxy groups -OCH3 is 2. The maximum atomic E-state index is 13.8. The Morgan fingerprint density at radius 1 is 1.04 bits per heavy atom. The van der Waals surface area contributed by atoms with E-state index in [4.69, 9.17) is 14.2 Å². The summed E-state index contributed by atoms with van der Waals surface area (Å²) in [5, 5.41) is 2.74. The first-order chi connectivity index (χ1) is 11.6. The Morgan fingerprint density at radius 2 is 1.75 bits per heavy atom. The Bertz CT molecular complexity index is 718. The van der Waals surface area contributed by atoms with Gasteiger partial charge in [0.1, 0.15) is 0 Å². The van der Waals surface area contributed by atoms with E-state index >= 15 is 0 Å². The van der Waals surface area contributed by atoms with Gasteiger partial charge in [0, 0.05) is 12.1 Å². The molecule has 24 heavy (non-hydrogen) atoms. The lowest BCUT2D eigenvalue weighted by Gasteiger charge is -2.11. The average molecular weight is 333 g/mol. The summed E-state index contributed by atoms with van der Waals surface area (Å²) in [5.74, 6) is 0.397. The van der Waals surface area contributed by atoms with Crippen LogP contribution < -0.4 is 19.5 Å². The molecule has 0 unspecified atom stereocenters. The molecule has 0 saturated carbocycles. The molecule has 6 heteroatoms. The number of hydrogen-bond donors (Lipinski definition) is 1. The van der Waals surface area contributed by atoms with Crippen molar-refractivity contribution in [2.45, 2.75) is 13.5 Å². The van der Waals surface area contributed by atoms with Crippen molar-refractivity contribution in [3.8, 4) is 17.2 Å². The van der Waals surface area contributed by atoms with Gasteiger partial charge in [-0.15, -0.1) is 0 Å². The van der Waals surface area contributed by atoms with Crippen molar-refractivity contribution in [3.05, 3.63) is 53.3 Å². The first-order valence-electron chi connectivity index (χ1n) is 7.50. The highest BCUT2D eigenvalue weighted by Gasteiger charge is 2.11. The molecule has 0 aliphatic carbocycles. The highest BCUT2D eigenvalue weighted by molar-refractivity contribution is 5.94. The predicted molar refractivity (Wildman–Crippen MR) is 88.3 cm³/mol. The summed E-state index contributed by atoms with van der Waals surface area (Å²) in [6, 6.07) is 9.49. The van der Waals surface area contributed by atoms with E-state index in [1.54, 1.807) is 33.3 Å². The number of amides is 1. The average Bonchev–Trinajstić information content (AvgIpc) is 2.61. The van der Waals surface area contributed by atoms with Gasteiger partial charge in [0.15, 0.2) is 23.1 Å². The first-order valence-corrected chi connectivity index (χ1v) is 7.50. The van der Waals surface area contributed by atoms with E-state index < -0.39 is 5.82 Å². The van der Waals surface area contributed by atoms with Crippen LogP contribution in [0, 0.1) is 5.82 Å². The molecular weight excluding hydrogens is 313 g/mol. The molecule has 1 N–H and O–H groups in total. The highest BCUT2D eigenvalue weighted by atomic mass is 19.1. The minimum absolute atomic E-state index is 0.133. The summed E-state index contributed by atoms with van der Waals surface area (Å²) in [6.45, 7) is 2.42. The molecule has 0 bridgehead atoms. The first kappa shape index (κ1) is 17.6. The Hall–Kier alpha value is -2.76. The van der Waals surface area contributed by atoms with Crippen LogP contribution in [0.15, 0.2) is 36.4 Å². The van der Waals surface area contributed by atoms with Gasteiger partial charge in [0.25, 0.3) is 5.91 Å². The number of benzene rings is 2. The van der Waals surface area contributed by atoms with Gasteiger partial charge in [-0.05, 0) is 42.8 Å². The number of carbonyl (C=O) groups excluding carboxylic acids is 1. The van der Waals surface area contributed by atoms with Gasteiger partial charge < -0.3 is 19.5 Å². The lowest BCUT2D eigenvalue weighted by atomic mass is 10.1. The van der Waals surface area contributed by atoms with Crippen LogP contribution in [-0.2, 0) is 6.54 Å². The van der Waals surface area contributed by atoms with Crippen molar-refractivity contribution in [2.24, 2.45) is 0 Å². The van der Waals surface area contributed by atoms with E-state index in [9.17, 15) is 9.18 Å². The van der Waals surface area contributed by atoms with Crippen molar-refractivity contribution in [1.82, 2.24) is 5.32 Å². The monoisotopic (exact) mass is 333 g/mol. The molecule has 128 valence electrons. The largest absolute Gasteiger partial charge is 0.493 e. The Kier molecular flexibility index (Phi) is 6.01. The van der Waals surface area contributed by atoms with Crippen LogP contribution in [0.5, 0.6) is 17.2 Å². The summed E-state index contributed by atoms with van der Waals surface area (Å²) >= 11 is 0. The molecule has 2 aromatic carbocycles. The molecule has 0 saturated heterocycles. The summed E-state index contributed by atoms with van der Waals surface area (Å²) in [7, 11) is 3.10. The number of nitrogens with one attached hydrogen (secondary N) is 1. The second-order valence-corrected chi connectivity index (χ2v) is 4.95. The van der Waals surface area contributed by atoms with Gasteiger partial charge in [-0.2, -0.15) is 0 Å². The highest BCUT2D eigenvalue weighted by Crippen LogP contribution is 2.27. The zero-order valence-corrected chi connectivity index (χ0v) is 13.9. The van der Waals surface area contributed by atoms with Crippen molar-refractivity contribution in [1.29, 1.82) is 0 Å². The van der Waals surface area contributed by atoms with Crippen molar-refractivity contribution in [3.63, 3.8) is 0 Å². The number of rotatable bonds is 7. The van der Waals surface area contributed by atoms with Gasteiger partial charge in [-0.3, -0.25) is 4.79 Å². The Balaban J connectivity index is 2.04. The Morgan fingerprint density at radius 3 is 2.38 bits per heavy atom. The van der Waals surface area contributed by atoms with E-state index in [2.05, 4.69) is 5.32 Å². The number of halogens is 1. The van der Waals surface area contributed by atoms with Crippen LogP contribution in [0.4, 0.5) is 4.39 Å². The summed E-state index contributed by atoms with van der Waals surface area (Å²) in [6.07, 6.45) is 0. The molecule has 0 aliphatic heterocycles. The van der Waals surface area contributed by atoms with Crippen molar-refractivity contribution in [2.75, 3.05) is 20.8 Å². The lowest BCUT2D eigenvalue weighted by molar-refractivity contribution is 0.0950. The number of hydrogen-bond acceptors (Lipinski definition) is 4. The third kappa shape index (κ3) is 4.16. The summed E-state index contributed by atoms with van der Waals surface area (Å²) < 4.78 is 29.3. The zero-order chi connectivity index (χ0) is 17.5. The van der Waals surface area contributed by atoms with Crippen LogP contribution in [0.2, 0.25) is 0 Å². The fraction of sp³-hybridized carbons (Fsp3) is 0.278. The zero-order valence-electron chi connectivity index (χ0n) is 13.9. The van der Waals surface area contributed by atoms with E-state index in [1.165, 1.54) is 12.1 Å². The quantitative estimate of drug-likeness (QED) is 0.845.